The lowest BCUT2D eigenvalue weighted by molar-refractivity contribution is -0.927. The predicted molar refractivity (Wildman–Crippen MR) is 62.7 cm³/mol. The van der Waals surface area contributed by atoms with Crippen molar-refractivity contribution in [3.63, 3.8) is 0 Å². The Morgan fingerprint density at radius 1 is 1.20 bits per heavy atom. The fraction of sp³-hybridized carbons (Fsp3) is 1.00. The van der Waals surface area contributed by atoms with E-state index in [2.05, 4.69) is 13.8 Å². The number of quaternary nitrogens is 1. The maximum atomic E-state index is 9.47. The van der Waals surface area contributed by atoms with Gasteiger partial charge >= 0.3 is 0 Å². The quantitative estimate of drug-likeness (QED) is 0.470. The van der Waals surface area contributed by atoms with E-state index in [-0.39, 0.29) is 23.9 Å². The summed E-state index contributed by atoms with van der Waals surface area (Å²) >= 11 is 5.96. The van der Waals surface area contributed by atoms with Gasteiger partial charge in [0.1, 0.15) is 12.6 Å². The molecule has 0 aromatic carbocycles. The Hall–Kier alpha value is 0.500. The molecule has 0 amide bonds. The summed E-state index contributed by atoms with van der Waals surface area (Å²) in [7, 11) is 0. The number of nitrogens with zero attached hydrogens (tertiary/aromatic N) is 1. The average Bonchev–Trinajstić information content (AvgIpc) is 2.11. The third-order valence-corrected chi connectivity index (χ3v) is 3.21. The molecule has 4 heteroatoms. The summed E-state index contributed by atoms with van der Waals surface area (Å²) in [5.74, 6) is 0. The summed E-state index contributed by atoms with van der Waals surface area (Å²) in [4.78, 5) is 0. The number of alkyl halides is 1. The number of aliphatic hydroxyl groups excluding tert-OH is 1. The van der Waals surface area contributed by atoms with Crippen LogP contribution in [0.1, 0.15) is 34.1 Å². The molecule has 0 spiro atoms. The summed E-state index contributed by atoms with van der Waals surface area (Å²) in [6.45, 7) is 12.3. The van der Waals surface area contributed by atoms with Crippen LogP contribution in [-0.4, -0.2) is 47.2 Å². The molecular weight excluding hydrogens is 233 g/mol. The van der Waals surface area contributed by atoms with Gasteiger partial charge in [-0.15, -0.1) is 11.6 Å². The molecule has 0 aromatic heterocycles. The molecule has 0 bridgehead atoms. The Kier molecular flexibility index (Phi) is 10.3. The first kappa shape index (κ1) is 17.9. The van der Waals surface area contributed by atoms with Gasteiger partial charge in [0.2, 0.25) is 0 Å². The van der Waals surface area contributed by atoms with Crippen molar-refractivity contribution < 1.29 is 22.0 Å². The highest BCUT2D eigenvalue weighted by atomic mass is 35.5. The zero-order chi connectivity index (χ0) is 11.2. The molecule has 0 aliphatic rings. The van der Waals surface area contributed by atoms with E-state index in [1.54, 1.807) is 0 Å². The molecule has 15 heavy (non-hydrogen) atoms. The molecule has 1 N–H and O–H groups in total. The Morgan fingerprint density at radius 3 is 1.93 bits per heavy atom. The largest absolute Gasteiger partial charge is 1.00 e. The zero-order valence-corrected chi connectivity index (χ0v) is 11.9. The van der Waals surface area contributed by atoms with Gasteiger partial charge in [-0.1, -0.05) is 0 Å². The molecule has 2 unspecified atom stereocenters. The lowest BCUT2D eigenvalue weighted by Gasteiger charge is -2.38. The van der Waals surface area contributed by atoms with Crippen molar-refractivity contribution in [3.05, 3.63) is 0 Å². The van der Waals surface area contributed by atoms with Crippen LogP contribution in [0, 0.1) is 0 Å². The summed E-state index contributed by atoms with van der Waals surface area (Å²) in [6, 6.07) is 0. The molecular formula is C11H25Cl2NO. The van der Waals surface area contributed by atoms with Gasteiger partial charge in [0.05, 0.1) is 19.6 Å². The van der Waals surface area contributed by atoms with Crippen molar-refractivity contribution >= 4 is 11.6 Å². The average molecular weight is 258 g/mol. The van der Waals surface area contributed by atoms with Crippen LogP contribution in [0.4, 0.5) is 0 Å². The van der Waals surface area contributed by atoms with Crippen molar-refractivity contribution in [2.75, 3.05) is 26.2 Å². The number of halogens is 2. The van der Waals surface area contributed by atoms with Crippen molar-refractivity contribution in [3.8, 4) is 0 Å². The molecule has 0 radical (unpaired) electrons. The van der Waals surface area contributed by atoms with Gasteiger partial charge < -0.3 is 22.0 Å². The fourth-order valence-corrected chi connectivity index (χ4v) is 2.00. The van der Waals surface area contributed by atoms with E-state index in [4.69, 9.17) is 11.6 Å². The van der Waals surface area contributed by atoms with Crippen LogP contribution in [0.5, 0.6) is 0 Å². The van der Waals surface area contributed by atoms with E-state index in [1.807, 2.05) is 13.8 Å². The molecule has 0 aliphatic heterocycles. The molecule has 0 fully saturated rings. The number of likely N-dealkylation sites (N-methyl/N-ethyl adjacent to an activating group) is 1. The van der Waals surface area contributed by atoms with E-state index in [0.717, 1.165) is 37.1 Å². The highest BCUT2D eigenvalue weighted by molar-refractivity contribution is 6.20. The van der Waals surface area contributed by atoms with Gasteiger partial charge in [0.25, 0.3) is 0 Å². The summed E-state index contributed by atoms with van der Waals surface area (Å²) in [5.41, 5.74) is 0. The van der Waals surface area contributed by atoms with Gasteiger partial charge in [-0.05, 0) is 27.7 Å². The summed E-state index contributed by atoms with van der Waals surface area (Å²) < 4.78 is 0.981. The minimum absolute atomic E-state index is 0. The van der Waals surface area contributed by atoms with E-state index < -0.39 is 0 Å². The topological polar surface area (TPSA) is 20.2 Å². The minimum Gasteiger partial charge on any atom is -1.00 e. The normalized spacial score (nSPS) is 15.6. The zero-order valence-electron chi connectivity index (χ0n) is 10.3. The molecule has 94 valence electrons. The number of hydrogen-bond acceptors (Lipinski definition) is 1. The van der Waals surface area contributed by atoms with Crippen LogP contribution in [0.15, 0.2) is 0 Å². The molecule has 2 nitrogen and oxygen atoms in total. The predicted octanol–water partition coefficient (Wildman–Crippen LogP) is -0.755. The van der Waals surface area contributed by atoms with Crippen molar-refractivity contribution in [2.24, 2.45) is 0 Å². The van der Waals surface area contributed by atoms with Crippen LogP contribution >= 0.6 is 11.6 Å². The first-order chi connectivity index (χ1) is 6.45. The fourth-order valence-electron chi connectivity index (χ4n) is 1.90. The highest BCUT2D eigenvalue weighted by Gasteiger charge is 2.25. The van der Waals surface area contributed by atoms with Gasteiger partial charge in [0.15, 0.2) is 0 Å². The summed E-state index contributed by atoms with van der Waals surface area (Å²) in [6.07, 6.45) is 0.802. The third-order valence-electron chi connectivity index (χ3n) is 2.99. The van der Waals surface area contributed by atoms with E-state index in [0.29, 0.717) is 0 Å². The maximum absolute atomic E-state index is 9.47. The van der Waals surface area contributed by atoms with E-state index >= 15 is 0 Å². The van der Waals surface area contributed by atoms with Gasteiger partial charge in [0, 0.05) is 11.8 Å². The SMILES string of the molecule is CC[N+](CC)(CCC(C)Cl)CC(C)O.[Cl-]. The van der Waals surface area contributed by atoms with Crippen LogP contribution in [0.3, 0.4) is 0 Å². The first-order valence-electron chi connectivity index (χ1n) is 5.63. The molecule has 0 aromatic rings. The van der Waals surface area contributed by atoms with Crippen LogP contribution < -0.4 is 12.4 Å². The van der Waals surface area contributed by atoms with E-state index in [1.165, 1.54) is 0 Å². The second kappa shape index (κ2) is 8.63. The lowest BCUT2D eigenvalue weighted by atomic mass is 10.2. The summed E-state index contributed by atoms with van der Waals surface area (Å²) in [5, 5.41) is 9.70. The van der Waals surface area contributed by atoms with Crippen LogP contribution in [0.2, 0.25) is 0 Å². The van der Waals surface area contributed by atoms with Crippen LogP contribution in [-0.2, 0) is 0 Å². The molecule has 0 saturated carbocycles. The Labute approximate surface area is 106 Å². The lowest BCUT2D eigenvalue weighted by Crippen LogP contribution is -3.00. The third kappa shape index (κ3) is 7.40. The standard InChI is InChI=1S/C11H25ClNO.ClH/c1-5-13(6-2,9-11(4)14)8-7-10(3)12;/h10-11,14H,5-9H2,1-4H3;1H/q+1;/p-1. The number of hydrogen-bond donors (Lipinski definition) is 1. The van der Waals surface area contributed by atoms with Gasteiger partial charge in [-0.25, -0.2) is 0 Å². The van der Waals surface area contributed by atoms with Crippen LogP contribution in [0.25, 0.3) is 0 Å². The molecule has 0 heterocycles. The smallest absolute Gasteiger partial charge is 0.105 e. The maximum Gasteiger partial charge on any atom is 0.105 e. The Bertz CT molecular complexity index is 148. The molecule has 0 aliphatic carbocycles. The first-order valence-corrected chi connectivity index (χ1v) is 6.06. The van der Waals surface area contributed by atoms with Crippen molar-refractivity contribution in [1.29, 1.82) is 0 Å². The minimum atomic E-state index is -0.222. The van der Waals surface area contributed by atoms with Crippen molar-refractivity contribution in [1.82, 2.24) is 0 Å². The number of aliphatic hydroxyl groups is 1. The Balaban J connectivity index is 0. The van der Waals surface area contributed by atoms with Crippen molar-refractivity contribution in [2.45, 2.75) is 45.6 Å². The monoisotopic (exact) mass is 257 g/mol. The molecule has 0 saturated heterocycles. The van der Waals surface area contributed by atoms with Gasteiger partial charge in [-0.3, -0.25) is 0 Å². The van der Waals surface area contributed by atoms with E-state index in [9.17, 15) is 5.11 Å². The highest BCUT2D eigenvalue weighted by Crippen LogP contribution is 2.12. The molecule has 0 rings (SSSR count). The molecule has 2 atom stereocenters. The Morgan fingerprint density at radius 2 is 1.67 bits per heavy atom. The second-order valence-corrected chi connectivity index (χ2v) is 5.04. The number of rotatable bonds is 7. The van der Waals surface area contributed by atoms with Gasteiger partial charge in [-0.2, -0.15) is 0 Å². The second-order valence-electron chi connectivity index (χ2n) is 4.30.